The highest BCUT2D eigenvalue weighted by Gasteiger charge is 2.13. The summed E-state index contributed by atoms with van der Waals surface area (Å²) in [7, 11) is 0. The molecule has 1 rings (SSSR count). The fourth-order valence-corrected chi connectivity index (χ4v) is 4.62. The second kappa shape index (κ2) is 15.2. The lowest BCUT2D eigenvalue weighted by Crippen LogP contribution is -2.04. The largest absolute Gasteiger partial charge is 0.477 e. The molecule has 1 aromatic rings. The molecule has 1 aromatic heterocycles. The van der Waals surface area contributed by atoms with Crippen LogP contribution in [0.25, 0.3) is 0 Å². The maximum Gasteiger partial charge on any atom is 0.345 e. The van der Waals surface area contributed by atoms with Crippen LogP contribution >= 0.6 is 11.3 Å². The molecule has 0 aliphatic rings. The van der Waals surface area contributed by atoms with Crippen molar-refractivity contribution in [3.63, 3.8) is 0 Å². The summed E-state index contributed by atoms with van der Waals surface area (Å²) in [6, 6.07) is 3.80. The summed E-state index contributed by atoms with van der Waals surface area (Å²) in [5.74, 6) is -0.0581. The van der Waals surface area contributed by atoms with Crippen LogP contribution < -0.4 is 0 Å². The van der Waals surface area contributed by atoms with Crippen LogP contribution in [0.5, 0.6) is 0 Å². The summed E-state index contributed by atoms with van der Waals surface area (Å²) < 4.78 is 0. The topological polar surface area (TPSA) is 37.3 Å². The lowest BCUT2D eigenvalue weighted by atomic mass is 9.91. The molecule has 0 fully saturated rings. The van der Waals surface area contributed by atoms with Gasteiger partial charge in [0.2, 0.25) is 0 Å². The number of aromatic carboxylic acids is 1. The number of hydrogen-bond donors (Lipinski definition) is 1. The van der Waals surface area contributed by atoms with Gasteiger partial charge in [-0.25, -0.2) is 4.79 Å². The number of hydrogen-bond acceptors (Lipinski definition) is 2. The second-order valence-corrected chi connectivity index (χ2v) is 8.92. The van der Waals surface area contributed by atoms with E-state index in [0.29, 0.717) is 4.88 Å². The molecule has 0 atom stereocenters. The van der Waals surface area contributed by atoms with Crippen LogP contribution in [-0.2, 0) is 6.42 Å². The van der Waals surface area contributed by atoms with Gasteiger partial charge in [-0.1, -0.05) is 104 Å². The minimum Gasteiger partial charge on any atom is -0.477 e. The predicted molar refractivity (Wildman–Crippen MR) is 114 cm³/mol. The Balaban J connectivity index is 2.36. The van der Waals surface area contributed by atoms with Gasteiger partial charge in [0.15, 0.2) is 0 Å². The maximum absolute atomic E-state index is 11.1. The Morgan fingerprint density at radius 1 is 0.846 bits per heavy atom. The van der Waals surface area contributed by atoms with E-state index in [9.17, 15) is 4.79 Å². The zero-order chi connectivity index (χ0) is 19.0. The van der Waals surface area contributed by atoms with Crippen molar-refractivity contribution in [2.45, 2.75) is 110 Å². The summed E-state index contributed by atoms with van der Waals surface area (Å²) in [5, 5.41) is 9.13. The third-order valence-electron chi connectivity index (χ3n) is 5.29. The molecule has 0 spiro atoms. The number of carbonyl (C=O) groups is 1. The maximum atomic E-state index is 11.1. The first kappa shape index (κ1) is 23.2. The number of carboxylic acid groups (broad SMARTS) is 1. The summed E-state index contributed by atoms with van der Waals surface area (Å²) in [4.78, 5) is 12.8. The molecule has 0 radical (unpaired) electrons. The van der Waals surface area contributed by atoms with E-state index >= 15 is 0 Å². The van der Waals surface area contributed by atoms with E-state index in [1.807, 2.05) is 6.07 Å². The Morgan fingerprint density at radius 3 is 1.81 bits per heavy atom. The van der Waals surface area contributed by atoms with Crippen LogP contribution in [0.1, 0.15) is 118 Å². The summed E-state index contributed by atoms with van der Waals surface area (Å²) >= 11 is 1.47. The Kier molecular flexibility index (Phi) is 13.6. The minimum atomic E-state index is -0.787. The zero-order valence-corrected chi connectivity index (χ0v) is 17.9. The summed E-state index contributed by atoms with van der Waals surface area (Å²) in [5.41, 5.74) is 0. The molecule has 0 bridgehead atoms. The van der Waals surface area contributed by atoms with Crippen LogP contribution in [0.3, 0.4) is 0 Å². The van der Waals surface area contributed by atoms with E-state index < -0.39 is 5.97 Å². The van der Waals surface area contributed by atoms with Crippen LogP contribution in [0, 0.1) is 5.92 Å². The van der Waals surface area contributed by atoms with E-state index in [1.54, 1.807) is 6.07 Å². The molecule has 0 saturated carbocycles. The fraction of sp³-hybridized carbons (Fsp3) is 0.783. The molecule has 0 aliphatic heterocycles. The van der Waals surface area contributed by atoms with Gasteiger partial charge in [-0.3, -0.25) is 0 Å². The molecule has 0 unspecified atom stereocenters. The van der Waals surface area contributed by atoms with E-state index in [-0.39, 0.29) is 0 Å². The van der Waals surface area contributed by atoms with Gasteiger partial charge >= 0.3 is 5.97 Å². The Hall–Kier alpha value is -0.830. The van der Waals surface area contributed by atoms with Gasteiger partial charge < -0.3 is 5.11 Å². The highest BCUT2D eigenvalue weighted by molar-refractivity contribution is 7.13. The first-order chi connectivity index (χ1) is 12.7. The zero-order valence-electron chi connectivity index (χ0n) is 17.1. The van der Waals surface area contributed by atoms with Crippen molar-refractivity contribution in [1.29, 1.82) is 0 Å². The Morgan fingerprint density at radius 2 is 1.35 bits per heavy atom. The third kappa shape index (κ3) is 11.0. The fourth-order valence-electron chi connectivity index (χ4n) is 3.66. The van der Waals surface area contributed by atoms with Gasteiger partial charge in [-0.05, 0) is 24.5 Å². The second-order valence-electron chi connectivity index (χ2n) is 7.75. The van der Waals surface area contributed by atoms with Gasteiger partial charge in [-0.15, -0.1) is 11.3 Å². The van der Waals surface area contributed by atoms with Crippen molar-refractivity contribution in [3.05, 3.63) is 21.9 Å². The van der Waals surface area contributed by atoms with E-state index in [2.05, 4.69) is 13.8 Å². The quantitative estimate of drug-likeness (QED) is 0.277. The lowest BCUT2D eigenvalue weighted by molar-refractivity contribution is 0.0702. The number of thiophene rings is 1. The monoisotopic (exact) mass is 380 g/mol. The molecule has 150 valence electrons. The molecule has 0 aliphatic carbocycles. The average molecular weight is 381 g/mol. The molecule has 0 saturated heterocycles. The van der Waals surface area contributed by atoms with Crippen LogP contribution in [0.2, 0.25) is 0 Å². The predicted octanol–water partition coefficient (Wildman–Crippen LogP) is 8.11. The van der Waals surface area contributed by atoms with Crippen molar-refractivity contribution in [1.82, 2.24) is 0 Å². The average Bonchev–Trinajstić information content (AvgIpc) is 3.09. The van der Waals surface area contributed by atoms with Gasteiger partial charge in [0.1, 0.15) is 4.88 Å². The summed E-state index contributed by atoms with van der Waals surface area (Å²) in [6.07, 6.45) is 19.9. The van der Waals surface area contributed by atoms with E-state index in [4.69, 9.17) is 5.11 Å². The molecule has 0 amide bonds. The first-order valence-electron chi connectivity index (χ1n) is 11.0. The molecule has 1 N–H and O–H groups in total. The summed E-state index contributed by atoms with van der Waals surface area (Å²) in [6.45, 7) is 4.53. The smallest absolute Gasteiger partial charge is 0.345 e. The third-order valence-corrected chi connectivity index (χ3v) is 6.39. The normalized spacial score (nSPS) is 11.3. The van der Waals surface area contributed by atoms with Crippen molar-refractivity contribution < 1.29 is 9.90 Å². The minimum absolute atomic E-state index is 0.484. The van der Waals surface area contributed by atoms with Gasteiger partial charge in [0.05, 0.1) is 0 Å². The standard InChI is InChI=1S/C23H40O2S/c1-3-5-7-9-11-13-15-20(16-14-12-10-8-6-4-2)19-21-17-18-22(26-21)23(24)25/h17-18,20H,3-16,19H2,1-2H3,(H,24,25). The van der Waals surface area contributed by atoms with Gasteiger partial charge in [0.25, 0.3) is 0 Å². The molecule has 26 heavy (non-hydrogen) atoms. The molecule has 1 heterocycles. The number of unbranched alkanes of at least 4 members (excludes halogenated alkanes) is 10. The van der Waals surface area contributed by atoms with Crippen molar-refractivity contribution in [2.24, 2.45) is 5.92 Å². The van der Waals surface area contributed by atoms with E-state index in [0.717, 1.165) is 12.3 Å². The number of rotatable bonds is 17. The van der Waals surface area contributed by atoms with Gasteiger partial charge in [0, 0.05) is 4.88 Å². The Labute approximate surface area is 165 Å². The molecule has 2 nitrogen and oxygen atoms in total. The first-order valence-corrected chi connectivity index (χ1v) is 11.8. The molecule has 3 heteroatoms. The van der Waals surface area contributed by atoms with Crippen molar-refractivity contribution in [2.75, 3.05) is 0 Å². The Bertz CT molecular complexity index is 451. The SMILES string of the molecule is CCCCCCCCC(CCCCCCCC)Cc1ccc(C(=O)O)s1. The lowest BCUT2D eigenvalue weighted by Gasteiger charge is -2.16. The molecular formula is C23H40O2S. The van der Waals surface area contributed by atoms with Gasteiger partial charge in [-0.2, -0.15) is 0 Å². The van der Waals surface area contributed by atoms with Crippen LogP contribution in [0.15, 0.2) is 12.1 Å². The van der Waals surface area contributed by atoms with Crippen LogP contribution in [-0.4, -0.2) is 11.1 Å². The molecule has 0 aromatic carbocycles. The van der Waals surface area contributed by atoms with Crippen molar-refractivity contribution in [3.8, 4) is 0 Å². The van der Waals surface area contributed by atoms with Crippen LogP contribution in [0.4, 0.5) is 0 Å². The highest BCUT2D eigenvalue weighted by Crippen LogP contribution is 2.26. The number of carboxylic acids is 1. The molecular weight excluding hydrogens is 340 g/mol. The van der Waals surface area contributed by atoms with Crippen molar-refractivity contribution >= 4 is 17.3 Å². The van der Waals surface area contributed by atoms with E-state index in [1.165, 1.54) is 106 Å². The highest BCUT2D eigenvalue weighted by atomic mass is 32.1.